The molecule has 2 aliphatic heterocycles. The molecule has 6 nitrogen and oxygen atoms in total. The van der Waals surface area contributed by atoms with Gasteiger partial charge in [0.25, 0.3) is 0 Å². The second-order valence-electron chi connectivity index (χ2n) is 6.08. The van der Waals surface area contributed by atoms with E-state index in [1.54, 1.807) is 11.8 Å². The molecule has 2 fully saturated rings. The molecule has 2 saturated heterocycles. The molecule has 114 valence electrons. The maximum Gasteiger partial charge on any atom is 0.329 e. The third-order valence-electron chi connectivity index (χ3n) is 4.66. The lowest BCUT2D eigenvalue weighted by Crippen LogP contribution is -2.56. The van der Waals surface area contributed by atoms with Crippen LogP contribution in [0.3, 0.4) is 0 Å². The largest absolute Gasteiger partial charge is 0.480 e. The number of rotatable bonds is 3. The van der Waals surface area contributed by atoms with E-state index >= 15 is 0 Å². The third-order valence-corrected chi connectivity index (χ3v) is 4.66. The minimum absolute atomic E-state index is 0.142. The summed E-state index contributed by atoms with van der Waals surface area (Å²) in [7, 11) is 0. The van der Waals surface area contributed by atoms with Crippen molar-refractivity contribution in [3.05, 3.63) is 0 Å². The van der Waals surface area contributed by atoms with E-state index in [1.807, 2.05) is 0 Å². The van der Waals surface area contributed by atoms with E-state index in [2.05, 4.69) is 0 Å². The molecule has 2 heterocycles. The number of carboxylic acid groups (broad SMARTS) is 1. The molecule has 0 aromatic heterocycles. The normalized spacial score (nSPS) is 30.6. The van der Waals surface area contributed by atoms with Crippen molar-refractivity contribution in [1.82, 2.24) is 9.80 Å². The van der Waals surface area contributed by atoms with Crippen molar-refractivity contribution in [2.75, 3.05) is 26.2 Å². The number of carboxylic acids is 1. The van der Waals surface area contributed by atoms with Gasteiger partial charge in [-0.2, -0.15) is 0 Å². The van der Waals surface area contributed by atoms with E-state index < -0.39 is 11.5 Å². The second kappa shape index (κ2) is 5.99. The molecular weight excluding hydrogens is 260 g/mol. The summed E-state index contributed by atoms with van der Waals surface area (Å²) in [6.07, 6.45) is 3.92. The summed E-state index contributed by atoms with van der Waals surface area (Å²) in [4.78, 5) is 27.3. The van der Waals surface area contributed by atoms with Gasteiger partial charge in [-0.1, -0.05) is 0 Å². The summed E-state index contributed by atoms with van der Waals surface area (Å²) in [6.45, 7) is 3.61. The third kappa shape index (κ3) is 2.75. The van der Waals surface area contributed by atoms with Gasteiger partial charge in [0.1, 0.15) is 5.54 Å². The molecule has 2 aliphatic rings. The fourth-order valence-electron chi connectivity index (χ4n) is 3.32. The summed E-state index contributed by atoms with van der Waals surface area (Å²) in [6, 6.07) is -0.157. The molecule has 0 radical (unpaired) electrons. The average molecular weight is 284 g/mol. The predicted molar refractivity (Wildman–Crippen MR) is 73.4 cm³/mol. The predicted octanol–water partition coefficient (Wildman–Crippen LogP) is 1.14. The number of likely N-dealkylation sites (tertiary alicyclic amines) is 2. The maximum atomic E-state index is 12.6. The molecule has 0 aromatic carbocycles. The zero-order valence-electron chi connectivity index (χ0n) is 12.0. The first kappa shape index (κ1) is 15.1. The number of hydrogen-bond acceptors (Lipinski definition) is 3. The van der Waals surface area contributed by atoms with Crippen LogP contribution in [-0.2, 0) is 4.79 Å². The van der Waals surface area contributed by atoms with Gasteiger partial charge in [-0.25, -0.2) is 9.59 Å². The van der Waals surface area contributed by atoms with Crippen LogP contribution in [0.25, 0.3) is 0 Å². The van der Waals surface area contributed by atoms with Crippen molar-refractivity contribution < 1.29 is 19.8 Å². The van der Waals surface area contributed by atoms with Gasteiger partial charge in [0, 0.05) is 26.2 Å². The SMILES string of the molecule is CC1(C(=O)O)CCCN1C(=O)N1CCCC(CCO)C1. The van der Waals surface area contributed by atoms with Crippen molar-refractivity contribution >= 4 is 12.0 Å². The summed E-state index contributed by atoms with van der Waals surface area (Å²) in [5.74, 6) is -0.594. The van der Waals surface area contributed by atoms with E-state index in [9.17, 15) is 14.7 Å². The lowest BCUT2D eigenvalue weighted by atomic mass is 9.95. The number of carbonyl (C=O) groups is 2. The molecule has 6 heteroatoms. The van der Waals surface area contributed by atoms with Crippen LogP contribution in [0.2, 0.25) is 0 Å². The molecule has 0 aromatic rings. The smallest absolute Gasteiger partial charge is 0.329 e. The van der Waals surface area contributed by atoms with Gasteiger partial charge >= 0.3 is 12.0 Å². The summed E-state index contributed by atoms with van der Waals surface area (Å²) >= 11 is 0. The Bertz CT molecular complexity index is 385. The maximum absolute atomic E-state index is 12.6. The molecule has 2 N–H and O–H groups in total. The lowest BCUT2D eigenvalue weighted by molar-refractivity contribution is -0.147. The van der Waals surface area contributed by atoms with Crippen LogP contribution >= 0.6 is 0 Å². The van der Waals surface area contributed by atoms with Gasteiger partial charge in [0.05, 0.1) is 0 Å². The Hall–Kier alpha value is -1.30. The van der Waals surface area contributed by atoms with Crippen LogP contribution in [0.1, 0.15) is 39.0 Å². The molecule has 0 bridgehead atoms. The first-order chi connectivity index (χ1) is 9.49. The average Bonchev–Trinajstić information content (AvgIpc) is 2.82. The number of urea groups is 1. The van der Waals surface area contributed by atoms with Gasteiger partial charge < -0.3 is 20.0 Å². The van der Waals surface area contributed by atoms with Crippen molar-refractivity contribution in [1.29, 1.82) is 0 Å². The molecule has 20 heavy (non-hydrogen) atoms. The summed E-state index contributed by atoms with van der Waals surface area (Å²) in [5, 5.41) is 18.4. The topological polar surface area (TPSA) is 81.1 Å². The van der Waals surface area contributed by atoms with Crippen molar-refractivity contribution in [2.45, 2.75) is 44.6 Å². The monoisotopic (exact) mass is 284 g/mol. The lowest BCUT2D eigenvalue weighted by Gasteiger charge is -2.39. The van der Waals surface area contributed by atoms with Gasteiger partial charge in [0.2, 0.25) is 0 Å². The van der Waals surface area contributed by atoms with Crippen LogP contribution in [0.4, 0.5) is 4.79 Å². The second-order valence-corrected chi connectivity index (χ2v) is 6.08. The first-order valence-electron chi connectivity index (χ1n) is 7.40. The van der Waals surface area contributed by atoms with Crippen LogP contribution < -0.4 is 0 Å². The highest BCUT2D eigenvalue weighted by Gasteiger charge is 2.47. The highest BCUT2D eigenvalue weighted by atomic mass is 16.4. The minimum atomic E-state index is -1.07. The Morgan fingerprint density at radius 2 is 2.05 bits per heavy atom. The van der Waals surface area contributed by atoms with Crippen molar-refractivity contribution in [3.8, 4) is 0 Å². The van der Waals surface area contributed by atoms with E-state index in [1.165, 1.54) is 4.90 Å². The van der Waals surface area contributed by atoms with E-state index in [0.29, 0.717) is 38.4 Å². The fourth-order valence-corrected chi connectivity index (χ4v) is 3.32. The summed E-state index contributed by atoms with van der Waals surface area (Å²) in [5.41, 5.74) is -1.07. The number of aliphatic hydroxyl groups is 1. The Morgan fingerprint density at radius 3 is 2.70 bits per heavy atom. The Morgan fingerprint density at radius 1 is 1.30 bits per heavy atom. The molecule has 0 spiro atoms. The van der Waals surface area contributed by atoms with Gasteiger partial charge in [-0.3, -0.25) is 0 Å². The minimum Gasteiger partial charge on any atom is -0.480 e. The van der Waals surface area contributed by atoms with Crippen LogP contribution in [-0.4, -0.2) is 63.8 Å². The number of nitrogens with zero attached hydrogens (tertiary/aromatic N) is 2. The van der Waals surface area contributed by atoms with Gasteiger partial charge in [0.15, 0.2) is 0 Å². The van der Waals surface area contributed by atoms with Crippen LogP contribution in [0.15, 0.2) is 0 Å². The molecular formula is C14H24N2O4. The molecule has 2 rings (SSSR count). The fraction of sp³-hybridized carbons (Fsp3) is 0.857. The number of piperidine rings is 1. The highest BCUT2D eigenvalue weighted by molar-refractivity contribution is 5.86. The van der Waals surface area contributed by atoms with E-state index in [4.69, 9.17) is 5.11 Å². The summed E-state index contributed by atoms with van der Waals surface area (Å²) < 4.78 is 0. The van der Waals surface area contributed by atoms with Crippen molar-refractivity contribution in [2.24, 2.45) is 5.92 Å². The number of amides is 2. The molecule has 2 atom stereocenters. The van der Waals surface area contributed by atoms with Gasteiger partial charge in [-0.05, 0) is 44.9 Å². The quantitative estimate of drug-likeness (QED) is 0.814. The standard InChI is InChI=1S/C14H24N2O4/c1-14(12(18)19)6-3-8-16(14)13(20)15-7-2-4-11(10-15)5-9-17/h11,17H,2-10H2,1H3,(H,18,19). The molecule has 2 unspecified atom stereocenters. The van der Waals surface area contributed by atoms with Crippen LogP contribution in [0, 0.1) is 5.92 Å². The highest BCUT2D eigenvalue weighted by Crippen LogP contribution is 2.31. The molecule has 2 amide bonds. The number of aliphatic hydroxyl groups excluding tert-OH is 1. The molecule has 0 saturated carbocycles. The van der Waals surface area contributed by atoms with Crippen molar-refractivity contribution in [3.63, 3.8) is 0 Å². The Kier molecular flexibility index (Phi) is 4.52. The Labute approximate surface area is 119 Å². The zero-order chi connectivity index (χ0) is 14.8. The Balaban J connectivity index is 2.05. The van der Waals surface area contributed by atoms with E-state index in [0.717, 1.165) is 19.3 Å². The molecule has 0 aliphatic carbocycles. The first-order valence-corrected chi connectivity index (χ1v) is 7.40. The van der Waals surface area contributed by atoms with Crippen LogP contribution in [0.5, 0.6) is 0 Å². The zero-order valence-corrected chi connectivity index (χ0v) is 12.0. The number of aliphatic carboxylic acids is 1. The number of carbonyl (C=O) groups excluding carboxylic acids is 1. The number of hydrogen-bond donors (Lipinski definition) is 2. The van der Waals surface area contributed by atoms with Gasteiger partial charge in [-0.15, -0.1) is 0 Å². The van der Waals surface area contributed by atoms with E-state index in [-0.39, 0.29) is 12.6 Å².